The monoisotopic (exact) mass is 307 g/mol. The topological polar surface area (TPSA) is 63.3 Å². The number of aromatic nitrogens is 1. The number of hydrogen-bond donors (Lipinski definition) is 1. The lowest BCUT2D eigenvalue weighted by Crippen LogP contribution is -1.97. The number of oxazole rings is 1. The van der Waals surface area contributed by atoms with Gasteiger partial charge in [0.05, 0.1) is 6.42 Å². The molecular formula is C19H17NO3. The molecule has 116 valence electrons. The summed E-state index contributed by atoms with van der Waals surface area (Å²) in [6.07, 6.45) is 2.65. The van der Waals surface area contributed by atoms with Crippen molar-refractivity contribution in [2.45, 2.75) is 19.8 Å². The average Bonchev–Trinajstić information content (AvgIpc) is 2.98. The number of nitrogens with zero attached hydrogens (tertiary/aromatic N) is 1. The number of fused-ring (bicyclic) bond motifs is 1. The molecule has 0 spiro atoms. The smallest absolute Gasteiger partial charge is 0.308 e. The van der Waals surface area contributed by atoms with Gasteiger partial charge in [-0.2, -0.15) is 0 Å². The van der Waals surface area contributed by atoms with E-state index in [2.05, 4.69) is 11.9 Å². The molecule has 0 fully saturated rings. The highest BCUT2D eigenvalue weighted by Gasteiger charge is 2.14. The molecule has 23 heavy (non-hydrogen) atoms. The minimum atomic E-state index is -0.913. The third kappa shape index (κ3) is 3.48. The lowest BCUT2D eigenvalue weighted by molar-refractivity contribution is -0.135. The molecule has 2 aromatic carbocycles. The molecule has 0 atom stereocenters. The lowest BCUT2D eigenvalue weighted by Gasteiger charge is -2.02. The van der Waals surface area contributed by atoms with Crippen molar-refractivity contribution in [1.29, 1.82) is 0 Å². The first-order valence-corrected chi connectivity index (χ1v) is 7.53. The van der Waals surface area contributed by atoms with Gasteiger partial charge in [-0.15, -0.1) is 0 Å². The highest BCUT2D eigenvalue weighted by atomic mass is 16.4. The zero-order chi connectivity index (χ0) is 16.2. The van der Waals surface area contributed by atoms with Crippen LogP contribution in [-0.4, -0.2) is 16.1 Å². The summed E-state index contributed by atoms with van der Waals surface area (Å²) in [6.45, 7) is 2.10. The van der Waals surface area contributed by atoms with Crippen molar-refractivity contribution in [3.05, 3.63) is 65.5 Å². The van der Waals surface area contributed by atoms with Gasteiger partial charge >= 0.3 is 5.97 Å². The summed E-state index contributed by atoms with van der Waals surface area (Å²) in [5.41, 5.74) is 4.10. The molecular weight excluding hydrogens is 290 g/mol. The average molecular weight is 307 g/mol. The molecule has 0 radical (unpaired) electrons. The maximum Gasteiger partial charge on any atom is 0.308 e. The predicted octanol–water partition coefficient (Wildman–Crippen LogP) is 4.41. The summed E-state index contributed by atoms with van der Waals surface area (Å²) < 4.78 is 5.71. The number of para-hydroxylation sites is 2. The van der Waals surface area contributed by atoms with Crippen LogP contribution in [0.5, 0.6) is 0 Å². The third-order valence-electron chi connectivity index (χ3n) is 3.64. The van der Waals surface area contributed by atoms with Crippen LogP contribution < -0.4 is 0 Å². The predicted molar refractivity (Wildman–Crippen MR) is 90.0 cm³/mol. The Hall–Kier alpha value is -2.88. The van der Waals surface area contributed by atoms with Crippen molar-refractivity contribution < 1.29 is 14.3 Å². The van der Waals surface area contributed by atoms with E-state index < -0.39 is 5.97 Å². The quantitative estimate of drug-likeness (QED) is 0.758. The standard InChI is InChI=1S/C19H17NO3/c1-2-13-7-9-14(10-8-13)11-15(12-18(21)22)19-20-16-5-3-4-6-17(16)23-19/h3-11H,2,12H2,1H3,(H,21,22)/b15-11+. The number of aryl methyl sites for hydroxylation is 1. The van der Waals surface area contributed by atoms with Crippen LogP contribution in [0, 0.1) is 0 Å². The Morgan fingerprint density at radius 1 is 1.17 bits per heavy atom. The second kappa shape index (κ2) is 6.48. The van der Waals surface area contributed by atoms with E-state index in [9.17, 15) is 4.79 Å². The maximum absolute atomic E-state index is 11.2. The molecule has 3 rings (SSSR count). The maximum atomic E-state index is 11.2. The van der Waals surface area contributed by atoms with E-state index in [1.807, 2.05) is 54.6 Å². The number of carboxylic acids is 1. The molecule has 1 heterocycles. The minimum absolute atomic E-state index is 0.137. The Bertz CT molecular complexity index is 827. The second-order valence-corrected chi connectivity index (χ2v) is 5.32. The van der Waals surface area contributed by atoms with Crippen molar-refractivity contribution in [3.63, 3.8) is 0 Å². The molecule has 0 aliphatic rings. The van der Waals surface area contributed by atoms with Gasteiger partial charge in [0.25, 0.3) is 0 Å². The van der Waals surface area contributed by atoms with Gasteiger partial charge < -0.3 is 9.52 Å². The molecule has 0 aliphatic carbocycles. The van der Waals surface area contributed by atoms with Crippen molar-refractivity contribution >= 4 is 28.7 Å². The van der Waals surface area contributed by atoms with E-state index in [1.54, 1.807) is 0 Å². The summed E-state index contributed by atoms with van der Waals surface area (Å²) in [7, 11) is 0. The molecule has 0 aliphatic heterocycles. The molecule has 4 heteroatoms. The van der Waals surface area contributed by atoms with Crippen LogP contribution in [0.4, 0.5) is 0 Å². The molecule has 0 amide bonds. The number of benzene rings is 2. The summed E-state index contributed by atoms with van der Waals surface area (Å²) in [4.78, 5) is 15.6. The van der Waals surface area contributed by atoms with Gasteiger partial charge in [0.15, 0.2) is 5.58 Å². The first kappa shape index (κ1) is 15.0. The van der Waals surface area contributed by atoms with Gasteiger partial charge in [0, 0.05) is 5.57 Å². The Balaban J connectivity index is 2.01. The van der Waals surface area contributed by atoms with Gasteiger partial charge in [-0.05, 0) is 35.8 Å². The summed E-state index contributed by atoms with van der Waals surface area (Å²) in [5.74, 6) is -0.558. The van der Waals surface area contributed by atoms with Crippen LogP contribution in [-0.2, 0) is 11.2 Å². The van der Waals surface area contributed by atoms with Crippen LogP contribution in [0.2, 0.25) is 0 Å². The first-order valence-electron chi connectivity index (χ1n) is 7.53. The number of rotatable bonds is 5. The Morgan fingerprint density at radius 3 is 2.57 bits per heavy atom. The van der Waals surface area contributed by atoms with E-state index in [1.165, 1.54) is 5.56 Å². The van der Waals surface area contributed by atoms with Crippen LogP contribution in [0.3, 0.4) is 0 Å². The zero-order valence-electron chi connectivity index (χ0n) is 12.8. The fourth-order valence-electron chi connectivity index (χ4n) is 2.41. The van der Waals surface area contributed by atoms with Gasteiger partial charge in [-0.1, -0.05) is 43.3 Å². The number of hydrogen-bond acceptors (Lipinski definition) is 3. The normalized spacial score (nSPS) is 11.8. The lowest BCUT2D eigenvalue weighted by atomic mass is 10.1. The molecule has 0 bridgehead atoms. The molecule has 0 unspecified atom stereocenters. The fourth-order valence-corrected chi connectivity index (χ4v) is 2.41. The SMILES string of the molecule is CCc1ccc(/C=C(\CC(=O)O)c2nc3ccccc3o2)cc1. The molecule has 1 aromatic heterocycles. The van der Waals surface area contributed by atoms with Crippen molar-refractivity contribution in [1.82, 2.24) is 4.98 Å². The number of carboxylic acid groups (broad SMARTS) is 1. The summed E-state index contributed by atoms with van der Waals surface area (Å²) >= 11 is 0. The van der Waals surface area contributed by atoms with Gasteiger partial charge in [-0.3, -0.25) is 4.79 Å². The van der Waals surface area contributed by atoms with E-state index in [4.69, 9.17) is 9.52 Å². The highest BCUT2D eigenvalue weighted by molar-refractivity contribution is 5.90. The van der Waals surface area contributed by atoms with Crippen molar-refractivity contribution in [2.24, 2.45) is 0 Å². The first-order chi connectivity index (χ1) is 11.2. The Kier molecular flexibility index (Phi) is 4.24. The van der Waals surface area contributed by atoms with E-state index in [0.717, 1.165) is 17.5 Å². The van der Waals surface area contributed by atoms with Gasteiger partial charge in [0.2, 0.25) is 5.89 Å². The van der Waals surface area contributed by atoms with Crippen LogP contribution in [0.25, 0.3) is 22.7 Å². The third-order valence-corrected chi connectivity index (χ3v) is 3.64. The molecule has 1 N–H and O–H groups in total. The number of aliphatic carboxylic acids is 1. The van der Waals surface area contributed by atoms with Crippen LogP contribution in [0.15, 0.2) is 52.9 Å². The van der Waals surface area contributed by atoms with Gasteiger partial charge in [-0.25, -0.2) is 4.98 Å². The van der Waals surface area contributed by atoms with Crippen molar-refractivity contribution in [3.8, 4) is 0 Å². The highest BCUT2D eigenvalue weighted by Crippen LogP contribution is 2.25. The van der Waals surface area contributed by atoms with Crippen LogP contribution in [0.1, 0.15) is 30.4 Å². The second-order valence-electron chi connectivity index (χ2n) is 5.32. The number of carbonyl (C=O) groups is 1. The molecule has 3 aromatic rings. The summed E-state index contributed by atoms with van der Waals surface area (Å²) in [5, 5.41) is 9.17. The van der Waals surface area contributed by atoms with Crippen molar-refractivity contribution in [2.75, 3.05) is 0 Å². The molecule has 0 saturated carbocycles. The largest absolute Gasteiger partial charge is 0.481 e. The van der Waals surface area contributed by atoms with E-state index in [0.29, 0.717) is 17.0 Å². The minimum Gasteiger partial charge on any atom is -0.481 e. The van der Waals surface area contributed by atoms with Crippen LogP contribution >= 0.6 is 0 Å². The summed E-state index contributed by atoms with van der Waals surface area (Å²) in [6, 6.07) is 15.4. The zero-order valence-corrected chi connectivity index (χ0v) is 12.8. The molecule has 0 saturated heterocycles. The van der Waals surface area contributed by atoms with E-state index in [-0.39, 0.29) is 6.42 Å². The Morgan fingerprint density at radius 2 is 1.91 bits per heavy atom. The Labute approximate surface area is 134 Å². The fraction of sp³-hybridized carbons (Fsp3) is 0.158. The van der Waals surface area contributed by atoms with Gasteiger partial charge in [0.1, 0.15) is 5.52 Å². The molecule has 4 nitrogen and oxygen atoms in total. The van der Waals surface area contributed by atoms with E-state index >= 15 is 0 Å².